The van der Waals surface area contributed by atoms with Crippen molar-refractivity contribution in [2.75, 3.05) is 44.3 Å². The Balaban J connectivity index is 1.51. The second-order valence-corrected chi connectivity index (χ2v) is 7.05. The molecule has 26 heavy (non-hydrogen) atoms. The zero-order valence-corrected chi connectivity index (χ0v) is 14.7. The summed E-state index contributed by atoms with van der Waals surface area (Å²) in [6, 6.07) is 4.84. The average molecular weight is 361 g/mol. The Labute approximate surface area is 151 Å². The number of nitro benzene ring substituents is 1. The summed E-state index contributed by atoms with van der Waals surface area (Å²) in [7, 11) is 0. The summed E-state index contributed by atoms with van der Waals surface area (Å²) in [6.45, 7) is 3.89. The highest BCUT2D eigenvalue weighted by Crippen LogP contribution is 2.34. The smallest absolute Gasteiger partial charge is 0.293 e. The zero-order valence-electron chi connectivity index (χ0n) is 14.7. The normalized spacial score (nSPS) is 22.2. The van der Waals surface area contributed by atoms with E-state index in [1.807, 2.05) is 4.90 Å². The predicted molar refractivity (Wildman–Crippen MR) is 94.3 cm³/mol. The lowest BCUT2D eigenvalue weighted by atomic mass is 10.0. The summed E-state index contributed by atoms with van der Waals surface area (Å²) in [6.07, 6.45) is 3.34. The molecule has 8 nitrogen and oxygen atoms in total. The molecule has 0 radical (unpaired) electrons. The van der Waals surface area contributed by atoms with Crippen LogP contribution in [0.5, 0.6) is 0 Å². The molecule has 0 aromatic heterocycles. The zero-order chi connectivity index (χ0) is 18.1. The monoisotopic (exact) mass is 361 g/mol. The Morgan fingerprint density at radius 2 is 1.73 bits per heavy atom. The molecular weight excluding hydrogens is 338 g/mol. The first-order chi connectivity index (χ1) is 12.6. The average Bonchev–Trinajstić information content (AvgIpc) is 3.34. The molecule has 0 unspecified atom stereocenters. The van der Waals surface area contributed by atoms with Crippen molar-refractivity contribution in [3.63, 3.8) is 0 Å². The Bertz CT molecular complexity index is 701. The second-order valence-electron chi connectivity index (χ2n) is 7.05. The molecule has 3 aliphatic rings. The fraction of sp³-hybridized carbons (Fsp3) is 0.611. The van der Waals surface area contributed by atoms with Crippen LogP contribution in [0.15, 0.2) is 18.2 Å². The van der Waals surface area contributed by atoms with Crippen molar-refractivity contribution in [1.29, 1.82) is 0 Å². The van der Waals surface area contributed by atoms with Crippen LogP contribution in [0.2, 0.25) is 0 Å². The number of nitro groups is 1. The van der Waals surface area contributed by atoms with Gasteiger partial charge in [0.1, 0.15) is 5.69 Å². The summed E-state index contributed by atoms with van der Waals surface area (Å²) in [5.74, 6) is -0.712. The number of piperidine rings is 1. The summed E-state index contributed by atoms with van der Waals surface area (Å²) >= 11 is 0. The highest BCUT2D eigenvalue weighted by molar-refractivity contribution is 5.96. The molecular formula is C18H23N3O5. The molecule has 1 spiro atoms. The number of likely N-dealkylation sites (tertiary alicyclic amines) is 1. The molecule has 0 aliphatic carbocycles. The van der Waals surface area contributed by atoms with Crippen molar-refractivity contribution in [1.82, 2.24) is 4.90 Å². The minimum Gasteiger partial charge on any atom is -0.366 e. The van der Waals surface area contributed by atoms with Gasteiger partial charge in [0.25, 0.3) is 11.6 Å². The van der Waals surface area contributed by atoms with Gasteiger partial charge in [-0.05, 0) is 25.0 Å². The molecule has 3 heterocycles. The first-order valence-corrected chi connectivity index (χ1v) is 9.19. The number of anilines is 1. The lowest BCUT2D eigenvalue weighted by Gasteiger charge is -2.37. The van der Waals surface area contributed by atoms with Gasteiger partial charge < -0.3 is 19.3 Å². The molecule has 3 fully saturated rings. The first kappa shape index (κ1) is 17.2. The van der Waals surface area contributed by atoms with Crippen LogP contribution in [0, 0.1) is 10.1 Å². The van der Waals surface area contributed by atoms with E-state index in [0.29, 0.717) is 50.4 Å². The van der Waals surface area contributed by atoms with Crippen molar-refractivity contribution < 1.29 is 19.2 Å². The number of carbonyl (C=O) groups excluding carboxylic acids is 1. The third-order valence-electron chi connectivity index (χ3n) is 5.49. The number of carbonyl (C=O) groups is 1. The molecule has 0 saturated carbocycles. The Morgan fingerprint density at radius 1 is 1.08 bits per heavy atom. The van der Waals surface area contributed by atoms with Crippen molar-refractivity contribution in [2.24, 2.45) is 0 Å². The van der Waals surface area contributed by atoms with Crippen LogP contribution < -0.4 is 4.90 Å². The van der Waals surface area contributed by atoms with E-state index in [9.17, 15) is 14.9 Å². The fourth-order valence-corrected chi connectivity index (χ4v) is 4.05. The summed E-state index contributed by atoms with van der Waals surface area (Å²) in [4.78, 5) is 27.7. The van der Waals surface area contributed by atoms with Gasteiger partial charge in [-0.2, -0.15) is 0 Å². The molecule has 1 amide bonds. The maximum absolute atomic E-state index is 12.8. The van der Waals surface area contributed by atoms with E-state index >= 15 is 0 Å². The van der Waals surface area contributed by atoms with Crippen molar-refractivity contribution in [3.05, 3.63) is 33.9 Å². The lowest BCUT2D eigenvalue weighted by Crippen LogP contribution is -2.47. The predicted octanol–water partition coefficient (Wildman–Crippen LogP) is 2.17. The molecule has 1 aromatic carbocycles. The lowest BCUT2D eigenvalue weighted by molar-refractivity contribution is -0.384. The third-order valence-corrected chi connectivity index (χ3v) is 5.49. The van der Waals surface area contributed by atoms with E-state index in [1.54, 1.807) is 17.0 Å². The number of rotatable bonds is 3. The Morgan fingerprint density at radius 3 is 2.35 bits per heavy atom. The van der Waals surface area contributed by atoms with Crippen LogP contribution in [0.3, 0.4) is 0 Å². The summed E-state index contributed by atoms with van der Waals surface area (Å²) < 4.78 is 11.4. The molecule has 3 aliphatic heterocycles. The van der Waals surface area contributed by atoms with Crippen LogP contribution in [0.1, 0.15) is 36.0 Å². The molecule has 4 rings (SSSR count). The topological polar surface area (TPSA) is 85.2 Å². The summed E-state index contributed by atoms with van der Waals surface area (Å²) in [5.41, 5.74) is 0.979. The van der Waals surface area contributed by atoms with Crippen LogP contribution >= 0.6 is 0 Å². The van der Waals surface area contributed by atoms with Crippen molar-refractivity contribution in [3.8, 4) is 0 Å². The van der Waals surface area contributed by atoms with Gasteiger partial charge in [0, 0.05) is 50.7 Å². The molecule has 0 bridgehead atoms. The molecule has 0 atom stereocenters. The van der Waals surface area contributed by atoms with E-state index in [1.165, 1.54) is 6.07 Å². The van der Waals surface area contributed by atoms with Crippen LogP contribution in [-0.4, -0.2) is 60.9 Å². The minimum absolute atomic E-state index is 0.00805. The van der Waals surface area contributed by atoms with E-state index < -0.39 is 10.7 Å². The Hall–Kier alpha value is -2.19. The van der Waals surface area contributed by atoms with Gasteiger partial charge in [-0.25, -0.2) is 0 Å². The number of hydrogen-bond donors (Lipinski definition) is 0. The minimum atomic E-state index is -0.539. The maximum Gasteiger partial charge on any atom is 0.293 e. The second kappa shape index (κ2) is 6.85. The van der Waals surface area contributed by atoms with Gasteiger partial charge in [0.05, 0.1) is 18.1 Å². The number of ether oxygens (including phenoxy) is 2. The molecule has 1 aromatic rings. The molecule has 140 valence electrons. The van der Waals surface area contributed by atoms with Gasteiger partial charge in [-0.3, -0.25) is 14.9 Å². The Kier molecular flexibility index (Phi) is 4.54. The first-order valence-electron chi connectivity index (χ1n) is 9.19. The number of nitrogens with zero attached hydrogens (tertiary/aromatic N) is 3. The third kappa shape index (κ3) is 3.14. The van der Waals surface area contributed by atoms with Crippen LogP contribution in [0.4, 0.5) is 11.4 Å². The maximum atomic E-state index is 12.8. The number of amides is 1. The number of benzene rings is 1. The molecule has 3 saturated heterocycles. The highest BCUT2D eigenvalue weighted by Gasteiger charge is 2.41. The van der Waals surface area contributed by atoms with Crippen LogP contribution in [-0.2, 0) is 9.47 Å². The largest absolute Gasteiger partial charge is 0.366 e. The quantitative estimate of drug-likeness (QED) is 0.606. The van der Waals surface area contributed by atoms with Gasteiger partial charge in [0.15, 0.2) is 5.79 Å². The highest BCUT2D eigenvalue weighted by atomic mass is 16.7. The van der Waals surface area contributed by atoms with E-state index in [2.05, 4.69) is 0 Å². The number of hydrogen-bond acceptors (Lipinski definition) is 6. The SMILES string of the molecule is O=C(c1ccc(N2CCCC2)c([N+](=O)[O-])c1)N1CCC2(CC1)OCCO2. The van der Waals surface area contributed by atoms with E-state index in [-0.39, 0.29) is 11.6 Å². The van der Waals surface area contributed by atoms with E-state index in [0.717, 1.165) is 25.9 Å². The standard InChI is InChI=1S/C18H23N3O5/c22-17(20-9-5-18(6-10-20)25-11-12-26-18)14-3-4-15(16(13-14)21(23)24)19-7-1-2-8-19/h3-4,13H,1-2,5-12H2. The van der Waals surface area contributed by atoms with Crippen molar-refractivity contribution in [2.45, 2.75) is 31.5 Å². The van der Waals surface area contributed by atoms with Crippen molar-refractivity contribution >= 4 is 17.3 Å². The van der Waals surface area contributed by atoms with Gasteiger partial charge >= 0.3 is 0 Å². The summed E-state index contributed by atoms with van der Waals surface area (Å²) in [5, 5.41) is 11.5. The fourth-order valence-electron chi connectivity index (χ4n) is 4.05. The van der Waals surface area contributed by atoms with E-state index in [4.69, 9.17) is 9.47 Å². The van der Waals surface area contributed by atoms with Gasteiger partial charge in [-0.1, -0.05) is 0 Å². The molecule has 8 heteroatoms. The van der Waals surface area contributed by atoms with Gasteiger partial charge in [-0.15, -0.1) is 0 Å². The van der Waals surface area contributed by atoms with Crippen LogP contribution in [0.25, 0.3) is 0 Å². The molecule has 0 N–H and O–H groups in total. The van der Waals surface area contributed by atoms with Gasteiger partial charge in [0.2, 0.25) is 0 Å².